The van der Waals surface area contributed by atoms with Gasteiger partial charge in [0.05, 0.1) is 6.61 Å². The average Bonchev–Trinajstić information content (AvgIpc) is 2.73. The number of likely N-dealkylation sites (tertiary alicyclic amines) is 1. The first-order valence-electron chi connectivity index (χ1n) is 8.45. The predicted octanol–water partition coefficient (Wildman–Crippen LogP) is 2.44. The summed E-state index contributed by atoms with van der Waals surface area (Å²) in [7, 11) is 0. The van der Waals surface area contributed by atoms with Crippen LogP contribution in [0.4, 0.5) is 0 Å². The van der Waals surface area contributed by atoms with Crippen LogP contribution in [0.1, 0.15) is 38.2 Å². The number of benzene rings is 1. The zero-order valence-corrected chi connectivity index (χ0v) is 13.3. The molecule has 1 fully saturated rings. The molecule has 1 unspecified atom stereocenters. The minimum atomic E-state index is 0.176. The van der Waals surface area contributed by atoms with Crippen molar-refractivity contribution in [2.75, 3.05) is 26.2 Å². The highest BCUT2D eigenvalue weighted by molar-refractivity contribution is 5.16. The van der Waals surface area contributed by atoms with Crippen LogP contribution in [0, 0.1) is 0 Å². The Bertz CT molecular complexity index is 382. The predicted molar refractivity (Wildman–Crippen MR) is 88.5 cm³/mol. The molecule has 1 aliphatic rings. The molecule has 2 rings (SSSR count). The summed E-state index contributed by atoms with van der Waals surface area (Å²) in [5.74, 6) is 0. The van der Waals surface area contributed by atoms with Crippen LogP contribution in [0.5, 0.6) is 0 Å². The first kappa shape index (κ1) is 16.5. The lowest BCUT2D eigenvalue weighted by atomic mass is 10.0. The van der Waals surface area contributed by atoms with Gasteiger partial charge in [0.25, 0.3) is 0 Å². The maximum absolute atomic E-state index is 9.65. The number of nitrogens with zero attached hydrogens (tertiary/aromatic N) is 1. The molecule has 2 atom stereocenters. The lowest BCUT2D eigenvalue weighted by molar-refractivity contribution is 0.224. The Labute approximate surface area is 129 Å². The van der Waals surface area contributed by atoms with Crippen molar-refractivity contribution in [1.29, 1.82) is 0 Å². The summed E-state index contributed by atoms with van der Waals surface area (Å²) in [6.45, 7) is 6.11. The maximum atomic E-state index is 9.65. The van der Waals surface area contributed by atoms with Crippen LogP contribution in [-0.4, -0.2) is 48.3 Å². The fraction of sp³-hybridized carbons (Fsp3) is 0.667. The molecule has 0 radical (unpaired) electrons. The highest BCUT2D eigenvalue weighted by Crippen LogP contribution is 2.13. The Balaban J connectivity index is 1.81. The molecule has 2 N–H and O–H groups in total. The monoisotopic (exact) mass is 290 g/mol. The summed E-state index contributed by atoms with van der Waals surface area (Å²) >= 11 is 0. The van der Waals surface area contributed by atoms with Crippen molar-refractivity contribution in [3.05, 3.63) is 35.9 Å². The van der Waals surface area contributed by atoms with Crippen LogP contribution in [0.25, 0.3) is 0 Å². The van der Waals surface area contributed by atoms with Gasteiger partial charge in [0.1, 0.15) is 0 Å². The smallest absolute Gasteiger partial charge is 0.0587 e. The van der Waals surface area contributed by atoms with Gasteiger partial charge in [-0.25, -0.2) is 0 Å². The van der Waals surface area contributed by atoms with Gasteiger partial charge in [0, 0.05) is 12.1 Å². The van der Waals surface area contributed by atoms with E-state index in [9.17, 15) is 5.11 Å². The van der Waals surface area contributed by atoms with E-state index in [0.29, 0.717) is 6.04 Å². The molecule has 1 aromatic carbocycles. The van der Waals surface area contributed by atoms with Crippen molar-refractivity contribution in [2.24, 2.45) is 0 Å². The average molecular weight is 290 g/mol. The zero-order chi connectivity index (χ0) is 14.9. The van der Waals surface area contributed by atoms with Gasteiger partial charge in [-0.3, -0.25) is 0 Å². The molecule has 1 aromatic rings. The van der Waals surface area contributed by atoms with E-state index >= 15 is 0 Å². The first-order chi connectivity index (χ1) is 10.3. The number of hydrogen-bond donors (Lipinski definition) is 2. The van der Waals surface area contributed by atoms with E-state index in [-0.39, 0.29) is 12.6 Å². The third kappa shape index (κ3) is 5.77. The van der Waals surface area contributed by atoms with Crippen molar-refractivity contribution >= 4 is 0 Å². The van der Waals surface area contributed by atoms with Crippen molar-refractivity contribution in [2.45, 2.75) is 51.1 Å². The minimum Gasteiger partial charge on any atom is -0.395 e. The fourth-order valence-electron chi connectivity index (χ4n) is 3.27. The number of rotatable bonds is 7. The third-order valence-electron chi connectivity index (χ3n) is 4.38. The van der Waals surface area contributed by atoms with Gasteiger partial charge in [0.2, 0.25) is 0 Å². The number of nitrogens with one attached hydrogen (secondary N) is 1. The van der Waals surface area contributed by atoms with Gasteiger partial charge in [-0.2, -0.15) is 0 Å². The lowest BCUT2D eigenvalue weighted by Crippen LogP contribution is -2.42. The summed E-state index contributed by atoms with van der Waals surface area (Å²) in [5.41, 5.74) is 1.30. The van der Waals surface area contributed by atoms with Crippen LogP contribution in [-0.2, 0) is 6.42 Å². The number of aliphatic hydroxyl groups excluding tert-OH is 1. The summed E-state index contributed by atoms with van der Waals surface area (Å²) < 4.78 is 0. The van der Waals surface area contributed by atoms with Crippen LogP contribution in [0.3, 0.4) is 0 Å². The molecule has 0 aliphatic carbocycles. The molecular weight excluding hydrogens is 260 g/mol. The van der Waals surface area contributed by atoms with Crippen LogP contribution >= 0.6 is 0 Å². The van der Waals surface area contributed by atoms with Crippen LogP contribution in [0.15, 0.2) is 30.3 Å². The second kappa shape index (κ2) is 9.19. The minimum absolute atomic E-state index is 0.176. The standard InChI is InChI=1S/C18H30N2O/c1-2-11-20-12-6-9-17(10-13-20)19-18(15-21)14-16-7-4-3-5-8-16/h3-5,7-8,17-19,21H,2,6,9-15H2,1H3/t17?,18-/m0/s1. The Morgan fingerprint density at radius 3 is 2.76 bits per heavy atom. The van der Waals surface area contributed by atoms with E-state index in [4.69, 9.17) is 0 Å². The summed E-state index contributed by atoms with van der Waals surface area (Å²) in [6.07, 6.45) is 5.84. The SMILES string of the molecule is CCCN1CCCC(N[C@H](CO)Cc2ccccc2)CC1. The molecule has 1 saturated heterocycles. The number of hydrogen-bond acceptors (Lipinski definition) is 3. The van der Waals surface area contributed by atoms with Gasteiger partial charge >= 0.3 is 0 Å². The molecular formula is C18H30N2O. The van der Waals surface area contributed by atoms with Crippen molar-refractivity contribution < 1.29 is 5.11 Å². The van der Waals surface area contributed by atoms with Gasteiger partial charge < -0.3 is 15.3 Å². The van der Waals surface area contributed by atoms with Gasteiger partial charge in [0.15, 0.2) is 0 Å². The molecule has 21 heavy (non-hydrogen) atoms. The van der Waals surface area contributed by atoms with Crippen molar-refractivity contribution in [3.8, 4) is 0 Å². The second-order valence-corrected chi connectivity index (χ2v) is 6.21. The van der Waals surface area contributed by atoms with Crippen molar-refractivity contribution in [1.82, 2.24) is 10.2 Å². The van der Waals surface area contributed by atoms with E-state index in [1.54, 1.807) is 0 Å². The van der Waals surface area contributed by atoms with Crippen LogP contribution in [0.2, 0.25) is 0 Å². The van der Waals surface area contributed by atoms with E-state index in [1.807, 2.05) is 6.07 Å². The summed E-state index contributed by atoms with van der Waals surface area (Å²) in [4.78, 5) is 2.58. The van der Waals surface area contributed by atoms with Gasteiger partial charge in [-0.15, -0.1) is 0 Å². The quantitative estimate of drug-likeness (QED) is 0.809. The normalized spacial score (nSPS) is 21.9. The van der Waals surface area contributed by atoms with Gasteiger partial charge in [-0.05, 0) is 57.3 Å². The molecule has 118 valence electrons. The first-order valence-corrected chi connectivity index (χ1v) is 8.45. The second-order valence-electron chi connectivity index (χ2n) is 6.21. The van der Waals surface area contributed by atoms with Crippen LogP contribution < -0.4 is 5.32 Å². The highest BCUT2D eigenvalue weighted by Gasteiger charge is 2.19. The lowest BCUT2D eigenvalue weighted by Gasteiger charge is -2.24. The van der Waals surface area contributed by atoms with E-state index in [0.717, 1.165) is 6.42 Å². The largest absolute Gasteiger partial charge is 0.395 e. The molecule has 0 saturated carbocycles. The topological polar surface area (TPSA) is 35.5 Å². The molecule has 1 heterocycles. The molecule has 3 nitrogen and oxygen atoms in total. The maximum Gasteiger partial charge on any atom is 0.0587 e. The molecule has 0 bridgehead atoms. The Hall–Kier alpha value is -0.900. The Kier molecular flexibility index (Phi) is 7.20. The molecule has 0 aromatic heterocycles. The Morgan fingerprint density at radius 1 is 1.24 bits per heavy atom. The fourth-order valence-corrected chi connectivity index (χ4v) is 3.27. The van der Waals surface area contributed by atoms with Gasteiger partial charge in [-0.1, -0.05) is 37.3 Å². The van der Waals surface area contributed by atoms with E-state index < -0.39 is 0 Å². The van der Waals surface area contributed by atoms with E-state index in [1.165, 1.54) is 50.9 Å². The Morgan fingerprint density at radius 2 is 2.05 bits per heavy atom. The molecule has 1 aliphatic heterocycles. The summed E-state index contributed by atoms with van der Waals surface area (Å²) in [6, 6.07) is 11.2. The third-order valence-corrected chi connectivity index (χ3v) is 4.38. The molecule has 0 spiro atoms. The van der Waals surface area contributed by atoms with Crippen molar-refractivity contribution in [3.63, 3.8) is 0 Å². The molecule has 0 amide bonds. The summed E-state index contributed by atoms with van der Waals surface area (Å²) in [5, 5.41) is 13.3. The number of aliphatic hydroxyl groups is 1. The zero-order valence-electron chi connectivity index (χ0n) is 13.3. The highest BCUT2D eigenvalue weighted by atomic mass is 16.3. The molecule has 3 heteroatoms. The van der Waals surface area contributed by atoms with E-state index in [2.05, 4.69) is 41.4 Å².